The molecule has 2 heterocycles. The van der Waals surface area contributed by atoms with Crippen molar-refractivity contribution in [1.29, 1.82) is 0 Å². The number of aryl methyl sites for hydroxylation is 1. The highest BCUT2D eigenvalue weighted by atomic mass is 16.3. The van der Waals surface area contributed by atoms with Gasteiger partial charge in [-0.25, -0.2) is 0 Å². The smallest absolute Gasteiger partial charge is 0.287 e. The number of amides is 1. The topological polar surface area (TPSA) is 57.5 Å². The number of hydrogen-bond donors (Lipinski definition) is 2. The van der Waals surface area contributed by atoms with Gasteiger partial charge in [-0.2, -0.15) is 0 Å². The Hall–Kier alpha value is -1.85. The molecule has 0 spiro atoms. The van der Waals surface area contributed by atoms with Crippen LogP contribution in [0.2, 0.25) is 0 Å². The van der Waals surface area contributed by atoms with Crippen molar-refractivity contribution in [3.8, 4) is 0 Å². The van der Waals surface area contributed by atoms with Crippen LogP contribution in [0.15, 0.2) is 28.7 Å². The van der Waals surface area contributed by atoms with E-state index in [1.807, 2.05) is 31.2 Å². The molecule has 0 radical (unpaired) electrons. The summed E-state index contributed by atoms with van der Waals surface area (Å²) in [5, 5.41) is 7.31. The molecular formula is C17H23N3O2. The first kappa shape index (κ1) is 15.1. The third-order valence-corrected chi connectivity index (χ3v) is 4.20. The van der Waals surface area contributed by atoms with E-state index in [0.717, 1.165) is 55.7 Å². The van der Waals surface area contributed by atoms with Gasteiger partial charge in [0.05, 0.1) is 0 Å². The van der Waals surface area contributed by atoms with Crippen molar-refractivity contribution in [2.24, 2.45) is 0 Å². The molecule has 118 valence electrons. The molecular weight excluding hydrogens is 278 g/mol. The summed E-state index contributed by atoms with van der Waals surface area (Å²) in [4.78, 5) is 14.7. The number of benzene rings is 1. The Kier molecular flexibility index (Phi) is 4.75. The first-order chi connectivity index (χ1) is 10.8. The Balaban J connectivity index is 1.51. The normalized spacial score (nSPS) is 16.0. The third kappa shape index (κ3) is 3.31. The summed E-state index contributed by atoms with van der Waals surface area (Å²) in [5.74, 6) is 0.317. The Morgan fingerprint density at radius 1 is 1.32 bits per heavy atom. The molecule has 1 aromatic heterocycles. The maximum atomic E-state index is 12.3. The number of carbonyl (C=O) groups excluding carboxylic acids is 1. The fraction of sp³-hybridized carbons (Fsp3) is 0.471. The minimum absolute atomic E-state index is 0.117. The number of para-hydroxylation sites is 1. The summed E-state index contributed by atoms with van der Waals surface area (Å²) in [6.45, 7) is 7.95. The fourth-order valence-electron chi connectivity index (χ4n) is 2.91. The highest BCUT2D eigenvalue weighted by Gasteiger charge is 2.17. The van der Waals surface area contributed by atoms with Crippen LogP contribution in [0.25, 0.3) is 11.0 Å². The van der Waals surface area contributed by atoms with Crippen molar-refractivity contribution < 1.29 is 9.21 Å². The molecule has 22 heavy (non-hydrogen) atoms. The lowest BCUT2D eigenvalue weighted by molar-refractivity contribution is 0.0925. The summed E-state index contributed by atoms with van der Waals surface area (Å²) in [6.07, 6.45) is 0.963. The summed E-state index contributed by atoms with van der Waals surface area (Å²) in [7, 11) is 0. The fourth-order valence-corrected chi connectivity index (χ4v) is 2.91. The van der Waals surface area contributed by atoms with Crippen LogP contribution in [-0.4, -0.2) is 50.1 Å². The van der Waals surface area contributed by atoms with Crippen LogP contribution >= 0.6 is 0 Å². The molecule has 0 atom stereocenters. The number of nitrogens with zero attached hydrogens (tertiary/aromatic N) is 1. The lowest BCUT2D eigenvalue weighted by Gasteiger charge is -2.26. The van der Waals surface area contributed by atoms with Gasteiger partial charge in [0.2, 0.25) is 0 Å². The molecule has 3 rings (SSSR count). The number of hydrogen-bond acceptors (Lipinski definition) is 4. The Morgan fingerprint density at radius 3 is 2.86 bits per heavy atom. The monoisotopic (exact) mass is 301 g/mol. The molecule has 2 N–H and O–H groups in total. The van der Waals surface area contributed by atoms with E-state index < -0.39 is 0 Å². The highest BCUT2D eigenvalue weighted by molar-refractivity contribution is 5.98. The largest absolute Gasteiger partial charge is 0.451 e. The molecule has 1 amide bonds. The van der Waals surface area contributed by atoms with Crippen LogP contribution in [0.3, 0.4) is 0 Å². The predicted molar refractivity (Wildman–Crippen MR) is 87.2 cm³/mol. The summed E-state index contributed by atoms with van der Waals surface area (Å²) < 4.78 is 5.68. The molecule has 5 nitrogen and oxygen atoms in total. The zero-order valence-electron chi connectivity index (χ0n) is 13.0. The lowest BCUT2D eigenvalue weighted by atomic mass is 10.1. The molecule has 0 bridgehead atoms. The standard InChI is InChI=1S/C17H23N3O2/c1-13-14-5-2-3-6-15(14)22-16(13)17(21)19-7-4-10-20-11-8-18-9-12-20/h2-3,5-6,18H,4,7-12H2,1H3,(H,19,21). The van der Waals surface area contributed by atoms with Gasteiger partial charge in [-0.1, -0.05) is 18.2 Å². The molecule has 2 aromatic rings. The van der Waals surface area contributed by atoms with Crippen LogP contribution in [0, 0.1) is 6.92 Å². The van der Waals surface area contributed by atoms with E-state index in [9.17, 15) is 4.79 Å². The molecule has 0 aliphatic carbocycles. The van der Waals surface area contributed by atoms with Gasteiger partial charge in [0.1, 0.15) is 5.58 Å². The molecule has 0 unspecified atom stereocenters. The van der Waals surface area contributed by atoms with E-state index >= 15 is 0 Å². The molecule has 1 fully saturated rings. The number of rotatable bonds is 5. The van der Waals surface area contributed by atoms with Crippen molar-refractivity contribution in [3.05, 3.63) is 35.6 Å². The van der Waals surface area contributed by atoms with E-state index in [-0.39, 0.29) is 5.91 Å². The molecule has 5 heteroatoms. The third-order valence-electron chi connectivity index (χ3n) is 4.20. The average Bonchev–Trinajstić information content (AvgIpc) is 2.90. The number of fused-ring (bicyclic) bond motifs is 1. The van der Waals surface area contributed by atoms with E-state index in [4.69, 9.17) is 4.42 Å². The number of furan rings is 1. The van der Waals surface area contributed by atoms with E-state index in [1.54, 1.807) is 0 Å². The van der Waals surface area contributed by atoms with Crippen LogP contribution in [0.5, 0.6) is 0 Å². The number of nitrogens with one attached hydrogen (secondary N) is 2. The van der Waals surface area contributed by atoms with Crippen molar-refractivity contribution in [3.63, 3.8) is 0 Å². The van der Waals surface area contributed by atoms with Crippen molar-refractivity contribution >= 4 is 16.9 Å². The first-order valence-electron chi connectivity index (χ1n) is 7.95. The Labute approximate surface area is 130 Å². The summed E-state index contributed by atoms with van der Waals surface area (Å²) in [5.41, 5.74) is 1.68. The van der Waals surface area contributed by atoms with Crippen LogP contribution in [-0.2, 0) is 0 Å². The molecule has 1 saturated heterocycles. The first-order valence-corrected chi connectivity index (χ1v) is 7.95. The Morgan fingerprint density at radius 2 is 2.09 bits per heavy atom. The van der Waals surface area contributed by atoms with Gasteiger partial charge in [0.15, 0.2) is 5.76 Å². The van der Waals surface area contributed by atoms with Crippen LogP contribution in [0.1, 0.15) is 22.5 Å². The quantitative estimate of drug-likeness (QED) is 0.826. The molecule has 0 saturated carbocycles. The average molecular weight is 301 g/mol. The second kappa shape index (κ2) is 6.94. The van der Waals surface area contributed by atoms with E-state index in [2.05, 4.69) is 15.5 Å². The second-order valence-corrected chi connectivity index (χ2v) is 5.75. The van der Waals surface area contributed by atoms with Crippen molar-refractivity contribution in [2.75, 3.05) is 39.3 Å². The second-order valence-electron chi connectivity index (χ2n) is 5.75. The van der Waals surface area contributed by atoms with Crippen LogP contribution in [0.4, 0.5) is 0 Å². The summed E-state index contributed by atoms with van der Waals surface area (Å²) in [6, 6.07) is 7.75. The number of piperazine rings is 1. The molecule has 1 aromatic carbocycles. The van der Waals surface area contributed by atoms with Gasteiger partial charge in [-0.3, -0.25) is 4.79 Å². The van der Waals surface area contributed by atoms with Crippen molar-refractivity contribution in [1.82, 2.24) is 15.5 Å². The van der Waals surface area contributed by atoms with Gasteiger partial charge in [-0.05, 0) is 26.0 Å². The minimum atomic E-state index is -0.117. The van der Waals surface area contributed by atoms with Gasteiger partial charge in [-0.15, -0.1) is 0 Å². The van der Waals surface area contributed by atoms with E-state index in [1.165, 1.54) is 0 Å². The maximum absolute atomic E-state index is 12.3. The van der Waals surface area contributed by atoms with Crippen LogP contribution < -0.4 is 10.6 Å². The summed E-state index contributed by atoms with van der Waals surface area (Å²) >= 11 is 0. The zero-order chi connectivity index (χ0) is 15.4. The SMILES string of the molecule is Cc1c(C(=O)NCCCN2CCNCC2)oc2ccccc12. The molecule has 1 aliphatic heterocycles. The van der Waals surface area contributed by atoms with E-state index in [0.29, 0.717) is 12.3 Å². The van der Waals surface area contributed by atoms with Gasteiger partial charge >= 0.3 is 0 Å². The van der Waals surface area contributed by atoms with Gasteiger partial charge in [0, 0.05) is 43.7 Å². The molecule has 1 aliphatic rings. The number of carbonyl (C=O) groups is 1. The predicted octanol–water partition coefficient (Wildman–Crippen LogP) is 1.77. The lowest BCUT2D eigenvalue weighted by Crippen LogP contribution is -2.44. The highest BCUT2D eigenvalue weighted by Crippen LogP contribution is 2.24. The van der Waals surface area contributed by atoms with Gasteiger partial charge < -0.3 is 20.0 Å². The Bertz CT molecular complexity index is 644. The van der Waals surface area contributed by atoms with Crippen molar-refractivity contribution in [2.45, 2.75) is 13.3 Å². The maximum Gasteiger partial charge on any atom is 0.287 e. The minimum Gasteiger partial charge on any atom is -0.451 e. The zero-order valence-corrected chi connectivity index (χ0v) is 13.0. The van der Waals surface area contributed by atoms with Gasteiger partial charge in [0.25, 0.3) is 5.91 Å².